The van der Waals surface area contributed by atoms with Crippen LogP contribution in [0.25, 0.3) is 10.8 Å². The van der Waals surface area contributed by atoms with Crippen molar-refractivity contribution in [1.82, 2.24) is 5.32 Å². The zero-order valence-corrected chi connectivity index (χ0v) is 19.4. The normalized spacial score (nSPS) is 11.2. The maximum absolute atomic E-state index is 12.5. The maximum Gasteiger partial charge on any atom is 0.308 e. The zero-order valence-electron chi connectivity index (χ0n) is 19.4. The van der Waals surface area contributed by atoms with Crippen LogP contribution in [0, 0.1) is 6.92 Å². The molecule has 0 aliphatic carbocycles. The molecule has 0 fully saturated rings. The van der Waals surface area contributed by atoms with Gasteiger partial charge in [-0.25, -0.2) is 0 Å². The molecule has 0 saturated heterocycles. The Hall–Kier alpha value is -3.67. The van der Waals surface area contributed by atoms with E-state index >= 15 is 0 Å². The third kappa shape index (κ3) is 7.17. The Morgan fingerprint density at radius 1 is 0.848 bits per heavy atom. The highest BCUT2D eigenvalue weighted by molar-refractivity contribution is 6.01. The van der Waals surface area contributed by atoms with Crippen LogP contribution < -0.4 is 10.1 Å². The van der Waals surface area contributed by atoms with E-state index in [4.69, 9.17) is 9.47 Å². The fourth-order valence-electron chi connectivity index (χ4n) is 3.25. The quantitative estimate of drug-likeness (QED) is 0.393. The van der Waals surface area contributed by atoms with E-state index in [-0.39, 0.29) is 37.2 Å². The number of aryl methyl sites for hydroxylation is 1. The molecule has 0 aliphatic heterocycles. The molecule has 0 aromatic heterocycles. The highest BCUT2D eigenvalue weighted by atomic mass is 16.6. The van der Waals surface area contributed by atoms with Gasteiger partial charge in [-0.05, 0) is 68.8 Å². The first kappa shape index (κ1) is 24.0. The first-order valence-corrected chi connectivity index (χ1v) is 10.9. The Kier molecular flexibility index (Phi) is 7.48. The Bertz CT molecular complexity index is 1160. The number of rotatable bonds is 8. The van der Waals surface area contributed by atoms with E-state index in [9.17, 15) is 14.4 Å². The molecule has 0 saturated carbocycles. The second-order valence-electron chi connectivity index (χ2n) is 8.89. The highest BCUT2D eigenvalue weighted by Crippen LogP contribution is 2.19. The van der Waals surface area contributed by atoms with E-state index in [0.29, 0.717) is 16.9 Å². The van der Waals surface area contributed by atoms with E-state index in [2.05, 4.69) is 11.4 Å². The molecule has 0 spiro atoms. The largest absolute Gasteiger partial charge is 0.485 e. The number of ketones is 1. The molecule has 1 amide bonds. The Morgan fingerprint density at radius 2 is 1.48 bits per heavy atom. The number of fused-ring (bicyclic) bond motifs is 1. The summed E-state index contributed by atoms with van der Waals surface area (Å²) >= 11 is 0. The summed E-state index contributed by atoms with van der Waals surface area (Å²) in [6, 6.07) is 18.2. The lowest BCUT2D eigenvalue weighted by Crippen LogP contribution is -2.29. The van der Waals surface area contributed by atoms with Crippen LogP contribution in [0.4, 0.5) is 0 Å². The van der Waals surface area contributed by atoms with Crippen molar-refractivity contribution in [1.29, 1.82) is 0 Å². The predicted molar refractivity (Wildman–Crippen MR) is 128 cm³/mol. The van der Waals surface area contributed by atoms with Gasteiger partial charge in [-0.3, -0.25) is 14.4 Å². The molecule has 33 heavy (non-hydrogen) atoms. The van der Waals surface area contributed by atoms with Gasteiger partial charge in [0.15, 0.2) is 12.4 Å². The number of hydrogen-bond donors (Lipinski definition) is 1. The van der Waals surface area contributed by atoms with E-state index in [0.717, 1.165) is 10.8 Å². The van der Waals surface area contributed by atoms with Crippen molar-refractivity contribution in [2.45, 2.75) is 39.7 Å². The molecule has 6 nitrogen and oxygen atoms in total. The SMILES string of the molecule is Cc1ccc2cc(C(=O)COc3ccc(C(=O)NCCC(=O)OC(C)(C)C)cc3)ccc2c1. The molecule has 3 aromatic carbocycles. The molecule has 172 valence electrons. The molecule has 0 radical (unpaired) electrons. The number of amides is 1. The zero-order chi connectivity index (χ0) is 24.0. The highest BCUT2D eigenvalue weighted by Gasteiger charge is 2.16. The Morgan fingerprint density at radius 3 is 2.18 bits per heavy atom. The van der Waals surface area contributed by atoms with E-state index < -0.39 is 5.60 Å². The fourth-order valence-corrected chi connectivity index (χ4v) is 3.25. The van der Waals surface area contributed by atoms with Gasteiger partial charge in [-0.2, -0.15) is 0 Å². The summed E-state index contributed by atoms with van der Waals surface area (Å²) < 4.78 is 10.8. The topological polar surface area (TPSA) is 81.7 Å². The maximum atomic E-state index is 12.5. The van der Waals surface area contributed by atoms with Crippen molar-refractivity contribution in [3.05, 3.63) is 77.4 Å². The lowest BCUT2D eigenvalue weighted by molar-refractivity contribution is -0.154. The monoisotopic (exact) mass is 447 g/mol. The molecule has 0 aliphatic rings. The van der Waals surface area contributed by atoms with Crippen LogP contribution in [0.5, 0.6) is 5.75 Å². The number of nitrogens with one attached hydrogen (secondary N) is 1. The minimum atomic E-state index is -0.550. The molecular weight excluding hydrogens is 418 g/mol. The predicted octanol–water partition coefficient (Wildman–Crippen LogP) is 4.87. The molecule has 0 heterocycles. The van der Waals surface area contributed by atoms with Crippen LogP contribution in [0.3, 0.4) is 0 Å². The van der Waals surface area contributed by atoms with Crippen molar-refractivity contribution in [2.24, 2.45) is 0 Å². The Labute approximate surface area is 193 Å². The molecule has 0 bridgehead atoms. The summed E-state index contributed by atoms with van der Waals surface area (Å²) in [5, 5.41) is 4.79. The summed E-state index contributed by atoms with van der Waals surface area (Å²) in [6.45, 7) is 7.51. The van der Waals surface area contributed by atoms with Gasteiger partial charge in [-0.15, -0.1) is 0 Å². The number of carbonyl (C=O) groups excluding carboxylic acids is 3. The van der Waals surface area contributed by atoms with Crippen LogP contribution in [0.15, 0.2) is 60.7 Å². The number of benzene rings is 3. The fraction of sp³-hybridized carbons (Fsp3) is 0.296. The standard InChI is InChI=1S/C27H29NO5/c1-18-5-6-21-16-22(8-7-20(21)15-18)24(29)17-32-23-11-9-19(10-12-23)26(31)28-14-13-25(30)33-27(2,3)4/h5-12,15-16H,13-14,17H2,1-4H3,(H,28,31). The van der Waals surface area contributed by atoms with Crippen molar-refractivity contribution >= 4 is 28.4 Å². The van der Waals surface area contributed by atoms with Gasteiger partial charge in [0.1, 0.15) is 11.4 Å². The van der Waals surface area contributed by atoms with Crippen molar-refractivity contribution in [2.75, 3.05) is 13.2 Å². The summed E-state index contributed by atoms with van der Waals surface area (Å²) in [4.78, 5) is 36.5. The lowest BCUT2D eigenvalue weighted by Gasteiger charge is -2.19. The average molecular weight is 448 g/mol. The van der Waals surface area contributed by atoms with Gasteiger partial charge in [-0.1, -0.05) is 35.9 Å². The summed E-state index contributed by atoms with van der Waals surface area (Å²) in [6.07, 6.45) is 0.0979. The van der Waals surface area contributed by atoms with Crippen molar-refractivity contribution in [3.8, 4) is 5.75 Å². The lowest BCUT2D eigenvalue weighted by atomic mass is 10.0. The van der Waals surface area contributed by atoms with Crippen LogP contribution >= 0.6 is 0 Å². The number of hydrogen-bond acceptors (Lipinski definition) is 5. The van der Waals surface area contributed by atoms with Crippen LogP contribution in [-0.4, -0.2) is 36.4 Å². The first-order chi connectivity index (χ1) is 15.6. The molecule has 0 unspecified atom stereocenters. The van der Waals surface area contributed by atoms with Crippen LogP contribution in [0.2, 0.25) is 0 Å². The molecular formula is C27H29NO5. The van der Waals surface area contributed by atoms with Gasteiger partial charge >= 0.3 is 5.97 Å². The minimum absolute atomic E-state index is 0.0979. The third-order valence-electron chi connectivity index (χ3n) is 4.84. The molecule has 3 rings (SSSR count). The average Bonchev–Trinajstić information content (AvgIpc) is 2.76. The van der Waals surface area contributed by atoms with Gasteiger partial charge in [0.25, 0.3) is 5.91 Å². The van der Waals surface area contributed by atoms with Gasteiger partial charge in [0.05, 0.1) is 6.42 Å². The number of carbonyl (C=O) groups is 3. The summed E-state index contributed by atoms with van der Waals surface area (Å²) in [7, 11) is 0. The summed E-state index contributed by atoms with van der Waals surface area (Å²) in [5.74, 6) is -0.295. The number of ether oxygens (including phenoxy) is 2. The van der Waals surface area contributed by atoms with Gasteiger partial charge in [0, 0.05) is 17.7 Å². The van der Waals surface area contributed by atoms with E-state index in [1.54, 1.807) is 51.1 Å². The molecule has 6 heteroatoms. The van der Waals surface area contributed by atoms with Crippen molar-refractivity contribution in [3.63, 3.8) is 0 Å². The molecule has 3 aromatic rings. The van der Waals surface area contributed by atoms with Crippen LogP contribution in [-0.2, 0) is 9.53 Å². The summed E-state index contributed by atoms with van der Waals surface area (Å²) in [5.41, 5.74) is 1.64. The number of esters is 1. The number of Topliss-reactive ketones (excluding diaryl/α,β-unsaturated/α-hetero) is 1. The smallest absolute Gasteiger partial charge is 0.308 e. The first-order valence-electron chi connectivity index (χ1n) is 10.9. The molecule has 0 atom stereocenters. The van der Waals surface area contributed by atoms with Gasteiger partial charge < -0.3 is 14.8 Å². The van der Waals surface area contributed by atoms with Crippen LogP contribution in [0.1, 0.15) is 53.5 Å². The second kappa shape index (κ2) is 10.3. The third-order valence-corrected chi connectivity index (χ3v) is 4.84. The Balaban J connectivity index is 1.49. The minimum Gasteiger partial charge on any atom is -0.485 e. The second-order valence-corrected chi connectivity index (χ2v) is 8.89. The van der Waals surface area contributed by atoms with Crippen molar-refractivity contribution < 1.29 is 23.9 Å². The van der Waals surface area contributed by atoms with Gasteiger partial charge in [0.2, 0.25) is 0 Å². The van der Waals surface area contributed by atoms with E-state index in [1.165, 1.54) is 5.56 Å². The molecule has 1 N–H and O–H groups in total. The van der Waals surface area contributed by atoms with E-state index in [1.807, 2.05) is 31.2 Å².